The quantitative estimate of drug-likeness (QED) is 0.853. The van der Waals surface area contributed by atoms with E-state index in [9.17, 15) is 9.18 Å². The molecule has 0 radical (unpaired) electrons. The molecular formula is C16H14FNO2S. The number of aliphatic hydroxyl groups is 1. The lowest BCUT2D eigenvalue weighted by Crippen LogP contribution is -2.23. The molecule has 0 saturated carbocycles. The summed E-state index contributed by atoms with van der Waals surface area (Å²) < 4.78 is 13.5. The summed E-state index contributed by atoms with van der Waals surface area (Å²) in [6.07, 6.45) is 0.367. The van der Waals surface area contributed by atoms with E-state index in [-0.39, 0.29) is 24.9 Å². The summed E-state index contributed by atoms with van der Waals surface area (Å²) in [6.45, 7) is 0.124. The molecule has 0 saturated heterocycles. The van der Waals surface area contributed by atoms with Crippen molar-refractivity contribution in [3.8, 4) is 11.8 Å². The second kappa shape index (κ2) is 7.58. The van der Waals surface area contributed by atoms with Crippen LogP contribution in [0, 0.1) is 17.7 Å². The molecule has 0 atom stereocenters. The Morgan fingerprint density at radius 3 is 2.90 bits per heavy atom. The van der Waals surface area contributed by atoms with Crippen LogP contribution in [0.3, 0.4) is 0 Å². The van der Waals surface area contributed by atoms with Gasteiger partial charge in [0.15, 0.2) is 0 Å². The van der Waals surface area contributed by atoms with Gasteiger partial charge in [0.2, 0.25) is 0 Å². The number of carbonyl (C=O) groups excluding carboxylic acids is 1. The van der Waals surface area contributed by atoms with Gasteiger partial charge < -0.3 is 10.4 Å². The van der Waals surface area contributed by atoms with E-state index < -0.39 is 0 Å². The molecule has 1 heterocycles. The maximum atomic E-state index is 13.5. The number of nitrogens with one attached hydrogen (secondary N) is 1. The first-order valence-electron chi connectivity index (χ1n) is 6.41. The minimum absolute atomic E-state index is 0.00799. The molecule has 0 fully saturated rings. The van der Waals surface area contributed by atoms with Crippen molar-refractivity contribution in [3.63, 3.8) is 0 Å². The van der Waals surface area contributed by atoms with Gasteiger partial charge in [0.05, 0.1) is 6.61 Å². The lowest BCUT2D eigenvalue weighted by atomic mass is 10.2. The number of aliphatic hydroxyl groups excluding tert-OH is 1. The topological polar surface area (TPSA) is 49.3 Å². The van der Waals surface area contributed by atoms with Gasteiger partial charge in [-0.25, -0.2) is 4.39 Å². The molecule has 108 valence electrons. The van der Waals surface area contributed by atoms with Crippen LogP contribution >= 0.6 is 11.3 Å². The van der Waals surface area contributed by atoms with Crippen LogP contribution in [0.2, 0.25) is 0 Å². The number of amides is 1. The summed E-state index contributed by atoms with van der Waals surface area (Å²) in [7, 11) is 0. The molecule has 0 spiro atoms. The molecule has 2 N–H and O–H groups in total. The molecule has 0 aliphatic heterocycles. The van der Waals surface area contributed by atoms with Crippen LogP contribution in [0.5, 0.6) is 0 Å². The molecule has 21 heavy (non-hydrogen) atoms. The zero-order valence-electron chi connectivity index (χ0n) is 11.2. The van der Waals surface area contributed by atoms with Crippen LogP contribution in [0.25, 0.3) is 0 Å². The number of carbonyl (C=O) groups is 1. The fourth-order valence-corrected chi connectivity index (χ4v) is 2.46. The Morgan fingerprint density at radius 1 is 1.33 bits per heavy atom. The second-order valence-corrected chi connectivity index (χ2v) is 5.13. The van der Waals surface area contributed by atoms with Gasteiger partial charge >= 0.3 is 0 Å². The summed E-state index contributed by atoms with van der Waals surface area (Å²) in [5, 5.41) is 13.2. The lowest BCUT2D eigenvalue weighted by Gasteiger charge is -2.05. The van der Waals surface area contributed by atoms with E-state index >= 15 is 0 Å². The van der Waals surface area contributed by atoms with Gasteiger partial charge in [0.1, 0.15) is 10.7 Å². The van der Waals surface area contributed by atoms with Crippen LogP contribution in [0.15, 0.2) is 35.7 Å². The molecule has 5 heteroatoms. The minimum atomic E-state index is -0.341. The Hall–Kier alpha value is -2.16. The molecular weight excluding hydrogens is 289 g/mol. The van der Waals surface area contributed by atoms with Gasteiger partial charge in [-0.3, -0.25) is 4.79 Å². The van der Waals surface area contributed by atoms with Crippen molar-refractivity contribution in [2.24, 2.45) is 0 Å². The third kappa shape index (κ3) is 4.15. The Morgan fingerprint density at radius 2 is 2.14 bits per heavy atom. The number of rotatable bonds is 4. The molecule has 0 unspecified atom stereocenters. The van der Waals surface area contributed by atoms with Crippen molar-refractivity contribution in [1.82, 2.24) is 5.32 Å². The first-order chi connectivity index (χ1) is 10.2. The van der Waals surface area contributed by atoms with Crippen LogP contribution in [0.1, 0.15) is 27.2 Å². The lowest BCUT2D eigenvalue weighted by molar-refractivity contribution is 0.0954. The SMILES string of the molecule is O=C(NCc1ccccc1F)c1sccc1C#CCCO. The Labute approximate surface area is 126 Å². The summed E-state index contributed by atoms with van der Waals surface area (Å²) in [4.78, 5) is 12.6. The maximum absolute atomic E-state index is 13.5. The maximum Gasteiger partial charge on any atom is 0.262 e. The highest BCUT2D eigenvalue weighted by molar-refractivity contribution is 7.12. The summed E-state index contributed by atoms with van der Waals surface area (Å²) in [6, 6.07) is 8.08. The molecule has 1 aromatic heterocycles. The average molecular weight is 303 g/mol. The fourth-order valence-electron chi connectivity index (χ4n) is 1.69. The number of hydrogen-bond acceptors (Lipinski definition) is 3. The molecule has 2 aromatic rings. The van der Waals surface area contributed by atoms with Gasteiger partial charge in [-0.15, -0.1) is 11.3 Å². The highest BCUT2D eigenvalue weighted by atomic mass is 32.1. The number of thiophene rings is 1. The smallest absolute Gasteiger partial charge is 0.262 e. The van der Waals surface area contributed by atoms with E-state index in [1.807, 2.05) is 0 Å². The zero-order valence-corrected chi connectivity index (χ0v) is 12.0. The van der Waals surface area contributed by atoms with Crippen molar-refractivity contribution in [1.29, 1.82) is 0 Å². The highest BCUT2D eigenvalue weighted by Gasteiger charge is 2.12. The van der Waals surface area contributed by atoms with Gasteiger partial charge in [0, 0.05) is 24.1 Å². The normalized spacial score (nSPS) is 9.81. The van der Waals surface area contributed by atoms with E-state index in [4.69, 9.17) is 5.11 Å². The summed E-state index contributed by atoms with van der Waals surface area (Å²) in [5.41, 5.74) is 1.06. The second-order valence-electron chi connectivity index (χ2n) is 4.21. The van der Waals surface area contributed by atoms with Gasteiger partial charge in [-0.05, 0) is 17.5 Å². The third-order valence-corrected chi connectivity index (χ3v) is 3.64. The molecule has 0 aliphatic carbocycles. The van der Waals surface area contributed by atoms with E-state index in [2.05, 4.69) is 17.2 Å². The Balaban J connectivity index is 2.03. The zero-order chi connectivity index (χ0) is 15.1. The van der Waals surface area contributed by atoms with E-state index in [0.717, 1.165) is 0 Å². The summed E-state index contributed by atoms with van der Waals surface area (Å²) >= 11 is 1.28. The number of benzene rings is 1. The highest BCUT2D eigenvalue weighted by Crippen LogP contribution is 2.16. The van der Waals surface area contributed by atoms with Crippen LogP contribution in [-0.2, 0) is 6.54 Å². The predicted octanol–water partition coefficient (Wildman–Crippen LogP) is 2.55. The summed E-state index contributed by atoms with van der Waals surface area (Å²) in [5.74, 6) is 5.02. The van der Waals surface area contributed by atoms with Crippen molar-refractivity contribution in [3.05, 3.63) is 57.5 Å². The third-order valence-electron chi connectivity index (χ3n) is 2.73. The van der Waals surface area contributed by atoms with Crippen molar-refractivity contribution < 1.29 is 14.3 Å². The monoisotopic (exact) mass is 303 g/mol. The standard InChI is InChI=1S/C16H14FNO2S/c17-14-7-2-1-6-13(14)11-18-16(20)15-12(8-10-21-15)5-3-4-9-19/h1-2,6-8,10,19H,4,9,11H2,(H,18,20). The van der Waals surface area contributed by atoms with Crippen molar-refractivity contribution in [2.75, 3.05) is 6.61 Å². The van der Waals surface area contributed by atoms with Crippen molar-refractivity contribution >= 4 is 17.2 Å². The molecule has 1 amide bonds. The van der Waals surface area contributed by atoms with Gasteiger partial charge in [-0.2, -0.15) is 0 Å². The molecule has 1 aromatic carbocycles. The van der Waals surface area contributed by atoms with E-state index in [1.54, 1.807) is 29.6 Å². The van der Waals surface area contributed by atoms with Crippen molar-refractivity contribution in [2.45, 2.75) is 13.0 Å². The first kappa shape index (κ1) is 15.2. The fraction of sp³-hybridized carbons (Fsp3) is 0.188. The predicted molar refractivity (Wildman–Crippen MR) is 80.5 cm³/mol. The molecule has 0 aliphatic rings. The molecule has 0 bridgehead atoms. The molecule has 3 nitrogen and oxygen atoms in total. The first-order valence-corrected chi connectivity index (χ1v) is 7.29. The van der Waals surface area contributed by atoms with E-state index in [1.165, 1.54) is 17.4 Å². The van der Waals surface area contributed by atoms with Crippen LogP contribution < -0.4 is 5.32 Å². The largest absolute Gasteiger partial charge is 0.395 e. The number of hydrogen-bond donors (Lipinski definition) is 2. The van der Waals surface area contributed by atoms with Crippen LogP contribution in [-0.4, -0.2) is 17.6 Å². The van der Waals surface area contributed by atoms with E-state index in [0.29, 0.717) is 22.4 Å². The van der Waals surface area contributed by atoms with Gasteiger partial charge in [-0.1, -0.05) is 30.0 Å². The Bertz CT molecular complexity index is 685. The average Bonchev–Trinajstić information content (AvgIpc) is 2.95. The Kier molecular flexibility index (Phi) is 5.50. The molecule has 2 rings (SSSR count). The minimum Gasteiger partial charge on any atom is -0.395 e. The number of halogens is 1. The van der Waals surface area contributed by atoms with Gasteiger partial charge in [0.25, 0.3) is 5.91 Å². The van der Waals surface area contributed by atoms with Crippen LogP contribution in [0.4, 0.5) is 4.39 Å².